The highest BCUT2D eigenvalue weighted by molar-refractivity contribution is 5.83. The molecule has 0 aromatic rings. The topological polar surface area (TPSA) is 46.3 Å². The van der Waals surface area contributed by atoms with Crippen LogP contribution in [-0.4, -0.2) is 30.4 Å². The summed E-state index contributed by atoms with van der Waals surface area (Å²) in [5.74, 6) is 1.99. The van der Waals surface area contributed by atoms with Crippen molar-refractivity contribution in [2.75, 3.05) is 19.6 Å². The first kappa shape index (κ1) is 13.4. The third kappa shape index (κ3) is 2.42. The van der Waals surface area contributed by atoms with Crippen molar-refractivity contribution in [3.63, 3.8) is 0 Å². The minimum absolute atomic E-state index is 0.213. The zero-order chi connectivity index (χ0) is 13.3. The van der Waals surface area contributed by atoms with E-state index in [9.17, 15) is 4.79 Å². The smallest absolute Gasteiger partial charge is 0.230 e. The third-order valence-electron chi connectivity index (χ3n) is 5.92. The number of carbonyl (C=O) groups excluding carboxylic acids is 1. The molecule has 2 atom stereocenters. The Morgan fingerprint density at radius 1 is 1.00 bits per heavy atom. The molecule has 1 heterocycles. The zero-order valence-electron chi connectivity index (χ0n) is 12.1. The highest BCUT2D eigenvalue weighted by Crippen LogP contribution is 2.42. The molecule has 2 N–H and O–H groups in total. The van der Waals surface area contributed by atoms with E-state index in [0.717, 1.165) is 37.8 Å². The summed E-state index contributed by atoms with van der Waals surface area (Å²) in [5, 5.41) is 0. The van der Waals surface area contributed by atoms with Gasteiger partial charge >= 0.3 is 0 Å². The van der Waals surface area contributed by atoms with Gasteiger partial charge in [-0.2, -0.15) is 0 Å². The summed E-state index contributed by atoms with van der Waals surface area (Å²) in [6.45, 7) is 2.59. The molecule has 2 unspecified atom stereocenters. The number of nitrogens with zero attached hydrogens (tertiary/aromatic N) is 1. The Hall–Kier alpha value is -0.570. The molecule has 0 aromatic heterocycles. The van der Waals surface area contributed by atoms with Crippen LogP contribution in [-0.2, 0) is 4.79 Å². The molecule has 2 aliphatic carbocycles. The fourth-order valence-corrected chi connectivity index (χ4v) is 4.65. The fourth-order valence-electron chi connectivity index (χ4n) is 4.65. The molecule has 1 saturated heterocycles. The van der Waals surface area contributed by atoms with Crippen molar-refractivity contribution in [3.05, 3.63) is 0 Å². The second-order valence-electron chi connectivity index (χ2n) is 7.06. The first-order chi connectivity index (χ1) is 9.25. The molecule has 3 aliphatic rings. The highest BCUT2D eigenvalue weighted by atomic mass is 16.2. The minimum atomic E-state index is -0.213. The lowest BCUT2D eigenvalue weighted by Gasteiger charge is -2.34. The number of fused-ring (bicyclic) bond motifs is 1. The molecule has 0 bridgehead atoms. The van der Waals surface area contributed by atoms with Crippen LogP contribution in [0.3, 0.4) is 0 Å². The molecular weight excluding hydrogens is 236 g/mol. The molecule has 1 amide bonds. The second kappa shape index (κ2) is 5.43. The molecule has 1 aliphatic heterocycles. The Bertz CT molecular complexity index is 322. The van der Waals surface area contributed by atoms with Crippen molar-refractivity contribution in [1.82, 2.24) is 4.90 Å². The number of likely N-dealkylation sites (tertiary alicyclic amines) is 1. The number of carbonyl (C=O) groups is 1. The Labute approximate surface area is 116 Å². The maximum atomic E-state index is 13.0. The van der Waals surface area contributed by atoms with Crippen molar-refractivity contribution in [2.45, 2.75) is 57.8 Å². The second-order valence-corrected chi connectivity index (χ2v) is 7.06. The first-order valence-corrected chi connectivity index (χ1v) is 8.25. The molecule has 0 radical (unpaired) electrons. The molecule has 3 rings (SSSR count). The summed E-state index contributed by atoms with van der Waals surface area (Å²) in [4.78, 5) is 15.2. The van der Waals surface area contributed by atoms with E-state index in [1.807, 2.05) is 0 Å². The van der Waals surface area contributed by atoms with Gasteiger partial charge in [-0.05, 0) is 37.5 Å². The standard InChI is InChI=1S/C16H28N2O/c17-12-16(8-3-1-2-4-9-16)15(19)18-10-13-6-5-7-14(13)11-18/h13-14H,1-12,17H2. The average Bonchev–Trinajstić information content (AvgIpc) is 2.92. The maximum absolute atomic E-state index is 13.0. The lowest BCUT2D eigenvalue weighted by Crippen LogP contribution is -2.47. The van der Waals surface area contributed by atoms with Crippen LogP contribution in [0, 0.1) is 17.3 Å². The molecular formula is C16H28N2O. The molecule has 2 saturated carbocycles. The normalized spacial score (nSPS) is 34.1. The van der Waals surface area contributed by atoms with E-state index in [2.05, 4.69) is 4.90 Å². The Kier molecular flexibility index (Phi) is 3.84. The Morgan fingerprint density at radius 2 is 1.58 bits per heavy atom. The third-order valence-corrected chi connectivity index (χ3v) is 5.92. The highest BCUT2D eigenvalue weighted by Gasteiger charge is 2.45. The van der Waals surface area contributed by atoms with E-state index in [4.69, 9.17) is 5.73 Å². The predicted molar refractivity (Wildman–Crippen MR) is 76.6 cm³/mol. The summed E-state index contributed by atoms with van der Waals surface area (Å²) < 4.78 is 0. The van der Waals surface area contributed by atoms with Gasteiger partial charge in [-0.3, -0.25) is 4.79 Å². The van der Waals surface area contributed by atoms with Crippen molar-refractivity contribution in [3.8, 4) is 0 Å². The van der Waals surface area contributed by atoms with Gasteiger partial charge in [-0.1, -0.05) is 32.1 Å². The Balaban J connectivity index is 1.70. The minimum Gasteiger partial charge on any atom is -0.342 e. The number of amides is 1. The van der Waals surface area contributed by atoms with Crippen LogP contribution in [0.15, 0.2) is 0 Å². The monoisotopic (exact) mass is 264 g/mol. The van der Waals surface area contributed by atoms with E-state index in [1.54, 1.807) is 0 Å². The molecule has 19 heavy (non-hydrogen) atoms. The van der Waals surface area contributed by atoms with Gasteiger partial charge in [0.1, 0.15) is 0 Å². The van der Waals surface area contributed by atoms with Crippen molar-refractivity contribution >= 4 is 5.91 Å². The van der Waals surface area contributed by atoms with Crippen molar-refractivity contribution < 1.29 is 4.79 Å². The van der Waals surface area contributed by atoms with Crippen LogP contribution in [0.1, 0.15) is 57.8 Å². The maximum Gasteiger partial charge on any atom is 0.230 e. The van der Waals surface area contributed by atoms with Gasteiger partial charge in [0.15, 0.2) is 0 Å². The SMILES string of the molecule is NCC1(C(=O)N2CC3CCCC3C2)CCCCCC1. The van der Waals surface area contributed by atoms with Crippen LogP contribution in [0.4, 0.5) is 0 Å². The number of hydrogen-bond acceptors (Lipinski definition) is 2. The van der Waals surface area contributed by atoms with Crippen LogP contribution in [0.25, 0.3) is 0 Å². The van der Waals surface area contributed by atoms with Crippen LogP contribution >= 0.6 is 0 Å². The number of nitrogens with two attached hydrogens (primary N) is 1. The zero-order valence-corrected chi connectivity index (χ0v) is 12.1. The van der Waals surface area contributed by atoms with E-state index >= 15 is 0 Å². The van der Waals surface area contributed by atoms with Gasteiger partial charge in [-0.15, -0.1) is 0 Å². The van der Waals surface area contributed by atoms with Crippen molar-refractivity contribution in [2.24, 2.45) is 23.0 Å². The summed E-state index contributed by atoms with van der Waals surface area (Å²) in [6.07, 6.45) is 11.0. The lowest BCUT2D eigenvalue weighted by atomic mass is 9.79. The van der Waals surface area contributed by atoms with Gasteiger partial charge in [0, 0.05) is 19.6 Å². The van der Waals surface area contributed by atoms with E-state index < -0.39 is 0 Å². The van der Waals surface area contributed by atoms with Gasteiger partial charge in [-0.25, -0.2) is 0 Å². The molecule has 3 heteroatoms. The van der Waals surface area contributed by atoms with Crippen LogP contribution in [0.2, 0.25) is 0 Å². The van der Waals surface area contributed by atoms with Crippen LogP contribution < -0.4 is 5.73 Å². The summed E-state index contributed by atoms with van der Waals surface area (Å²) in [6, 6.07) is 0. The van der Waals surface area contributed by atoms with Crippen LogP contribution in [0.5, 0.6) is 0 Å². The number of hydrogen-bond donors (Lipinski definition) is 1. The van der Waals surface area contributed by atoms with E-state index in [1.165, 1.54) is 44.9 Å². The molecule has 3 fully saturated rings. The molecule has 3 nitrogen and oxygen atoms in total. The average molecular weight is 264 g/mol. The predicted octanol–water partition coefficient (Wildman–Crippen LogP) is 2.54. The van der Waals surface area contributed by atoms with E-state index in [0.29, 0.717) is 12.5 Å². The largest absolute Gasteiger partial charge is 0.342 e. The summed E-state index contributed by atoms with van der Waals surface area (Å²) >= 11 is 0. The first-order valence-electron chi connectivity index (χ1n) is 8.25. The van der Waals surface area contributed by atoms with Gasteiger partial charge in [0.2, 0.25) is 5.91 Å². The van der Waals surface area contributed by atoms with E-state index in [-0.39, 0.29) is 5.41 Å². The van der Waals surface area contributed by atoms with Crippen molar-refractivity contribution in [1.29, 1.82) is 0 Å². The van der Waals surface area contributed by atoms with Gasteiger partial charge in [0.05, 0.1) is 5.41 Å². The Morgan fingerprint density at radius 3 is 2.11 bits per heavy atom. The van der Waals surface area contributed by atoms with Gasteiger partial charge < -0.3 is 10.6 Å². The van der Waals surface area contributed by atoms with Gasteiger partial charge in [0.25, 0.3) is 0 Å². The number of rotatable bonds is 2. The molecule has 0 spiro atoms. The lowest BCUT2D eigenvalue weighted by molar-refractivity contribution is -0.141. The quantitative estimate of drug-likeness (QED) is 0.779. The summed E-state index contributed by atoms with van der Waals surface area (Å²) in [7, 11) is 0. The molecule has 108 valence electrons. The summed E-state index contributed by atoms with van der Waals surface area (Å²) in [5.41, 5.74) is 5.83. The molecule has 0 aromatic carbocycles. The fraction of sp³-hybridized carbons (Fsp3) is 0.938.